The average molecular weight is 643 g/mol. The lowest BCUT2D eigenvalue weighted by Gasteiger charge is -2.48. The van der Waals surface area contributed by atoms with Gasteiger partial charge in [0.15, 0.2) is 11.9 Å². The van der Waals surface area contributed by atoms with Crippen LogP contribution < -0.4 is 0 Å². The van der Waals surface area contributed by atoms with Crippen molar-refractivity contribution in [2.45, 2.75) is 122 Å². The molecule has 0 bridgehead atoms. The summed E-state index contributed by atoms with van der Waals surface area (Å²) in [6, 6.07) is 12.0. The molecule has 1 aromatic rings. The van der Waals surface area contributed by atoms with Crippen LogP contribution in [0.15, 0.2) is 30.3 Å². The van der Waals surface area contributed by atoms with Crippen molar-refractivity contribution in [2.24, 2.45) is 5.92 Å². The molecule has 9 nitrogen and oxygen atoms in total. The number of rotatable bonds is 19. The van der Waals surface area contributed by atoms with Crippen molar-refractivity contribution in [1.29, 1.82) is 0 Å². The van der Waals surface area contributed by atoms with E-state index in [4.69, 9.17) is 37.9 Å². The average Bonchev–Trinajstić information content (AvgIpc) is 2.90. The van der Waals surface area contributed by atoms with Crippen molar-refractivity contribution in [3.8, 4) is 0 Å². The van der Waals surface area contributed by atoms with Gasteiger partial charge in [-0.3, -0.25) is 0 Å². The van der Waals surface area contributed by atoms with E-state index in [-0.39, 0.29) is 25.6 Å². The van der Waals surface area contributed by atoms with Gasteiger partial charge in [0.1, 0.15) is 25.8 Å². The minimum absolute atomic E-state index is 0.00449. The largest absolute Gasteiger partial charge is 0.467 e. The summed E-state index contributed by atoms with van der Waals surface area (Å²) in [5.41, 5.74) is 1.04. The lowest BCUT2D eigenvalue weighted by Crippen LogP contribution is -2.59. The fourth-order valence-electron chi connectivity index (χ4n) is 4.85. The van der Waals surface area contributed by atoms with Crippen LogP contribution in [0.25, 0.3) is 0 Å². The van der Waals surface area contributed by atoms with Crippen molar-refractivity contribution in [3.05, 3.63) is 35.9 Å². The first-order valence-electron chi connectivity index (χ1n) is 15.5. The molecule has 6 atom stereocenters. The van der Waals surface area contributed by atoms with Crippen LogP contribution in [0.4, 0.5) is 0 Å². The van der Waals surface area contributed by atoms with Crippen LogP contribution in [0.1, 0.15) is 33.3 Å². The Labute approximate surface area is 262 Å². The van der Waals surface area contributed by atoms with Crippen molar-refractivity contribution < 1.29 is 42.7 Å². The minimum Gasteiger partial charge on any atom is -0.467 e. The van der Waals surface area contributed by atoms with Gasteiger partial charge < -0.3 is 37.9 Å². The highest BCUT2D eigenvalue weighted by atomic mass is 28.3. The Morgan fingerprint density at radius 1 is 0.907 bits per heavy atom. The van der Waals surface area contributed by atoms with Crippen molar-refractivity contribution in [3.63, 3.8) is 0 Å². The summed E-state index contributed by atoms with van der Waals surface area (Å²) in [4.78, 5) is 13.2. The molecule has 1 aliphatic rings. The summed E-state index contributed by atoms with van der Waals surface area (Å²) in [5.74, 6) is -1.79. The maximum atomic E-state index is 13.2. The van der Waals surface area contributed by atoms with Crippen LogP contribution in [0, 0.1) is 5.92 Å². The van der Waals surface area contributed by atoms with E-state index >= 15 is 0 Å². The number of carbonyl (C=O) groups excluding carboxylic acids is 1. The van der Waals surface area contributed by atoms with Crippen molar-refractivity contribution in [2.75, 3.05) is 33.9 Å². The van der Waals surface area contributed by atoms with E-state index in [0.717, 1.165) is 17.7 Å². The first-order valence-corrected chi connectivity index (χ1v) is 22.9. The lowest BCUT2D eigenvalue weighted by molar-refractivity contribution is -0.350. The monoisotopic (exact) mass is 642 g/mol. The third-order valence-electron chi connectivity index (χ3n) is 7.40. The van der Waals surface area contributed by atoms with Crippen LogP contribution in [-0.4, -0.2) is 92.3 Å². The molecule has 43 heavy (non-hydrogen) atoms. The Balaban J connectivity index is 2.28. The molecule has 0 radical (unpaired) electrons. The Kier molecular flexibility index (Phi) is 15.5. The topological polar surface area (TPSA) is 90.9 Å². The molecular weight excluding hydrogens is 585 g/mol. The van der Waals surface area contributed by atoms with Crippen LogP contribution in [0.2, 0.25) is 51.4 Å². The van der Waals surface area contributed by atoms with Gasteiger partial charge in [-0.15, -0.1) is 0 Å². The van der Waals surface area contributed by atoms with Gasteiger partial charge in [-0.1, -0.05) is 76.5 Å². The van der Waals surface area contributed by atoms with E-state index in [1.807, 2.05) is 58.0 Å². The zero-order valence-corrected chi connectivity index (χ0v) is 30.5. The number of hydrogen-bond donors (Lipinski definition) is 0. The molecule has 1 heterocycles. The Bertz CT molecular complexity index is 933. The van der Waals surface area contributed by atoms with E-state index in [2.05, 4.69) is 39.3 Å². The van der Waals surface area contributed by atoms with Gasteiger partial charge in [0.05, 0.1) is 25.9 Å². The second-order valence-corrected chi connectivity index (χ2v) is 25.6. The normalized spacial score (nSPS) is 23.0. The zero-order valence-electron chi connectivity index (χ0n) is 28.5. The van der Waals surface area contributed by atoms with E-state index in [1.165, 1.54) is 7.11 Å². The van der Waals surface area contributed by atoms with Gasteiger partial charge >= 0.3 is 5.97 Å². The summed E-state index contributed by atoms with van der Waals surface area (Å²) < 4.78 is 48.4. The van der Waals surface area contributed by atoms with Crippen LogP contribution in [0.3, 0.4) is 0 Å². The predicted octanol–water partition coefficient (Wildman–Crippen LogP) is 6.32. The van der Waals surface area contributed by atoms with Crippen LogP contribution in [0.5, 0.6) is 0 Å². The molecule has 1 fully saturated rings. The molecule has 2 rings (SSSR count). The molecule has 0 aromatic heterocycles. The molecule has 248 valence electrons. The number of carbonyl (C=O) groups is 1. The first-order chi connectivity index (χ1) is 20.0. The third kappa shape index (κ3) is 14.2. The molecule has 0 spiro atoms. The second kappa shape index (κ2) is 17.5. The fourth-order valence-corrected chi connectivity index (χ4v) is 6.36. The Morgan fingerprint density at radius 3 is 2.00 bits per heavy atom. The molecule has 0 unspecified atom stereocenters. The summed E-state index contributed by atoms with van der Waals surface area (Å²) in [7, 11) is -1.21. The quantitative estimate of drug-likeness (QED) is 0.0745. The SMILES string of the molecule is COC(=O)[C@@H](OCOCC[Si](C)(C)C)[C@H](OCOCC[Si](C)(C)C)[C@@H](C)[C@H]1OC(C)(C)O[C@H](C)[C@H]1OCc1ccccc1. The first kappa shape index (κ1) is 38.0. The van der Waals surface area contributed by atoms with Gasteiger partial charge in [-0.2, -0.15) is 0 Å². The summed E-state index contributed by atoms with van der Waals surface area (Å²) in [5, 5.41) is 0. The number of esters is 1. The second-order valence-electron chi connectivity index (χ2n) is 14.3. The summed E-state index contributed by atoms with van der Waals surface area (Å²) in [6.07, 6.45) is -3.04. The zero-order chi connectivity index (χ0) is 32.3. The Morgan fingerprint density at radius 2 is 1.47 bits per heavy atom. The van der Waals surface area contributed by atoms with E-state index in [9.17, 15) is 4.79 Å². The number of benzene rings is 1. The lowest BCUT2D eigenvalue weighted by atomic mass is 9.87. The molecule has 1 aromatic carbocycles. The maximum Gasteiger partial charge on any atom is 0.337 e. The highest BCUT2D eigenvalue weighted by Gasteiger charge is 2.49. The molecule has 11 heteroatoms. The molecule has 0 saturated carbocycles. The smallest absolute Gasteiger partial charge is 0.337 e. The molecule has 0 amide bonds. The predicted molar refractivity (Wildman–Crippen MR) is 173 cm³/mol. The minimum atomic E-state index is -1.28. The highest BCUT2D eigenvalue weighted by molar-refractivity contribution is 6.76. The molecule has 0 N–H and O–H groups in total. The standard InChI is InChI=1S/C32H58O9Si2/c1-24(28-29(25(2)40-32(3,4)41-28)37-21-26-15-13-12-14-16-26)27(38-22-35-17-19-42(6,7)8)30(31(33)34-5)39-23-36-18-20-43(9,10)11/h12-16,24-25,27-30H,17-23H2,1-11H3/t24-,25-,27-,28-,29-,30+/m1/s1. The van der Waals surface area contributed by atoms with Crippen LogP contribution >= 0.6 is 0 Å². The van der Waals surface area contributed by atoms with E-state index in [0.29, 0.717) is 19.8 Å². The molecule has 1 aliphatic heterocycles. The van der Waals surface area contributed by atoms with Gasteiger partial charge in [-0.05, 0) is 38.4 Å². The summed E-state index contributed by atoms with van der Waals surface area (Å²) >= 11 is 0. The van der Waals surface area contributed by atoms with Crippen LogP contribution in [-0.2, 0) is 49.3 Å². The third-order valence-corrected chi connectivity index (χ3v) is 10.8. The van der Waals surface area contributed by atoms with E-state index < -0.39 is 52.3 Å². The molecule has 0 aliphatic carbocycles. The van der Waals surface area contributed by atoms with E-state index in [1.54, 1.807) is 0 Å². The fraction of sp³-hybridized carbons (Fsp3) is 0.781. The van der Waals surface area contributed by atoms with Crippen molar-refractivity contribution in [1.82, 2.24) is 0 Å². The summed E-state index contributed by atoms with van der Waals surface area (Å²) in [6.45, 7) is 23.0. The number of ether oxygens (including phenoxy) is 8. The van der Waals surface area contributed by atoms with Gasteiger partial charge in [0.2, 0.25) is 0 Å². The van der Waals surface area contributed by atoms with Gasteiger partial charge in [0, 0.05) is 35.3 Å². The number of hydrogen-bond acceptors (Lipinski definition) is 9. The Hall–Kier alpha value is -1.16. The molecular formula is C32H58O9Si2. The van der Waals surface area contributed by atoms with Gasteiger partial charge in [-0.25, -0.2) is 4.79 Å². The highest BCUT2D eigenvalue weighted by Crippen LogP contribution is 2.36. The van der Waals surface area contributed by atoms with Crippen molar-refractivity contribution >= 4 is 22.1 Å². The van der Waals surface area contributed by atoms with Gasteiger partial charge in [0.25, 0.3) is 0 Å². The molecule has 1 saturated heterocycles. The maximum absolute atomic E-state index is 13.2. The number of methoxy groups -OCH3 is 1.